The number of phenolic OH excluding ortho intramolecular Hbond substituents is 1. The molecular formula is C22H20N10O3. The minimum Gasteiger partial charge on any atom is -0.508 e. The molecule has 6 rings (SSSR count). The van der Waals surface area contributed by atoms with E-state index in [1.807, 2.05) is 12.1 Å². The van der Waals surface area contributed by atoms with Gasteiger partial charge in [0.05, 0.1) is 12.5 Å². The van der Waals surface area contributed by atoms with Crippen molar-refractivity contribution in [1.29, 1.82) is 0 Å². The molecule has 13 heteroatoms. The Labute approximate surface area is 197 Å². The molecule has 5 aromatic rings. The third kappa shape index (κ3) is 3.72. The first-order valence-electron chi connectivity index (χ1n) is 11.0. The van der Waals surface area contributed by atoms with Crippen LogP contribution in [0.2, 0.25) is 0 Å². The molecule has 13 nitrogen and oxygen atoms in total. The fraction of sp³-hybridized carbons (Fsp3) is 0.227. The average Bonchev–Trinajstić information content (AvgIpc) is 3.48. The lowest BCUT2D eigenvalue weighted by atomic mass is 10.2. The molecule has 0 amide bonds. The van der Waals surface area contributed by atoms with Crippen LogP contribution in [0.5, 0.6) is 5.75 Å². The summed E-state index contributed by atoms with van der Waals surface area (Å²) in [5, 5.41) is 27.4. The Morgan fingerprint density at radius 3 is 2.54 bits per heavy atom. The Balaban J connectivity index is 1.39. The molecule has 2 N–H and O–H groups in total. The molecule has 1 aliphatic heterocycles. The largest absolute Gasteiger partial charge is 0.508 e. The highest BCUT2D eigenvalue weighted by Crippen LogP contribution is 2.26. The summed E-state index contributed by atoms with van der Waals surface area (Å²) in [6.45, 7) is 2.48. The van der Waals surface area contributed by atoms with Gasteiger partial charge in [-0.15, -0.1) is 5.10 Å². The molecule has 1 saturated heterocycles. The summed E-state index contributed by atoms with van der Waals surface area (Å²) in [4.78, 5) is 33.7. The molecule has 1 aromatic carbocycles. The second-order valence-corrected chi connectivity index (χ2v) is 8.14. The summed E-state index contributed by atoms with van der Waals surface area (Å²) < 4.78 is 3.04. The number of imidazole rings is 1. The van der Waals surface area contributed by atoms with Gasteiger partial charge in [-0.1, -0.05) is 5.21 Å². The number of aromatic nitrogens is 8. The summed E-state index contributed by atoms with van der Waals surface area (Å²) in [6, 6.07) is 8.88. The molecule has 35 heavy (non-hydrogen) atoms. The van der Waals surface area contributed by atoms with Gasteiger partial charge >= 0.3 is 5.97 Å². The number of fused-ring (bicyclic) bond motifs is 2. The van der Waals surface area contributed by atoms with Crippen molar-refractivity contribution in [3.05, 3.63) is 49.1 Å². The highest BCUT2D eigenvalue weighted by molar-refractivity contribution is 5.84. The van der Waals surface area contributed by atoms with Crippen LogP contribution >= 0.6 is 0 Å². The lowest BCUT2D eigenvalue weighted by molar-refractivity contribution is -0.137. The van der Waals surface area contributed by atoms with Gasteiger partial charge < -0.3 is 24.6 Å². The van der Waals surface area contributed by atoms with Crippen LogP contribution in [-0.4, -0.2) is 81.9 Å². The number of phenols is 1. The van der Waals surface area contributed by atoms with Crippen molar-refractivity contribution >= 4 is 39.8 Å². The summed E-state index contributed by atoms with van der Waals surface area (Å²) >= 11 is 0. The number of carboxylic acids is 1. The van der Waals surface area contributed by atoms with E-state index in [0.29, 0.717) is 47.1 Å². The number of pyridine rings is 1. The smallest absolute Gasteiger partial charge is 0.323 e. The molecule has 5 heterocycles. The molecule has 0 unspecified atom stereocenters. The monoisotopic (exact) mass is 472 g/mol. The van der Waals surface area contributed by atoms with Gasteiger partial charge in [-0.2, -0.15) is 14.6 Å². The van der Waals surface area contributed by atoms with E-state index in [1.165, 1.54) is 10.9 Å². The van der Waals surface area contributed by atoms with Crippen LogP contribution < -0.4 is 9.80 Å². The molecule has 0 aliphatic carbocycles. The maximum absolute atomic E-state index is 11.4. The predicted octanol–water partition coefficient (Wildman–Crippen LogP) is 1.07. The molecule has 4 aromatic heterocycles. The van der Waals surface area contributed by atoms with E-state index in [0.717, 1.165) is 18.8 Å². The average molecular weight is 472 g/mol. The number of piperazine rings is 1. The Bertz CT molecular complexity index is 1540. The molecule has 0 atom stereocenters. The van der Waals surface area contributed by atoms with Crippen LogP contribution in [0.25, 0.3) is 28.0 Å². The number of carbonyl (C=O) groups is 1. The maximum atomic E-state index is 11.4. The van der Waals surface area contributed by atoms with Crippen LogP contribution in [-0.2, 0) is 11.3 Å². The minimum absolute atomic E-state index is 0.232. The summed E-state index contributed by atoms with van der Waals surface area (Å²) in [6.07, 6.45) is 4.73. The molecule has 1 aliphatic rings. The SMILES string of the molecule is O=C(O)Cn1cnc2c(-n3nnc4ccncc43)nc(N3CCN(c4ccc(O)cc4)CC3)nc21. The molecule has 0 spiro atoms. The fourth-order valence-electron chi connectivity index (χ4n) is 4.22. The van der Waals surface area contributed by atoms with Gasteiger partial charge in [0.2, 0.25) is 5.95 Å². The first kappa shape index (κ1) is 20.8. The van der Waals surface area contributed by atoms with Gasteiger partial charge in [0.15, 0.2) is 17.0 Å². The highest BCUT2D eigenvalue weighted by Gasteiger charge is 2.24. The highest BCUT2D eigenvalue weighted by atomic mass is 16.4. The summed E-state index contributed by atoms with van der Waals surface area (Å²) in [5.41, 5.74) is 3.17. The van der Waals surface area contributed by atoms with Gasteiger partial charge in [0, 0.05) is 38.1 Å². The number of carboxylic acid groups (broad SMARTS) is 1. The topological polar surface area (TPSA) is 151 Å². The number of aliphatic carboxylic acids is 1. The van der Waals surface area contributed by atoms with Crippen LogP contribution in [0, 0.1) is 0 Å². The van der Waals surface area contributed by atoms with Crippen LogP contribution in [0.4, 0.5) is 11.6 Å². The first-order valence-corrected chi connectivity index (χ1v) is 11.0. The third-order valence-corrected chi connectivity index (χ3v) is 5.97. The van der Waals surface area contributed by atoms with Crippen molar-refractivity contribution in [2.75, 3.05) is 36.0 Å². The zero-order valence-electron chi connectivity index (χ0n) is 18.4. The normalized spacial score (nSPS) is 14.2. The third-order valence-electron chi connectivity index (χ3n) is 5.97. The van der Waals surface area contributed by atoms with E-state index >= 15 is 0 Å². The van der Waals surface area contributed by atoms with Crippen molar-refractivity contribution in [3.8, 4) is 11.6 Å². The zero-order valence-corrected chi connectivity index (χ0v) is 18.4. The Morgan fingerprint density at radius 2 is 1.77 bits per heavy atom. The van der Waals surface area contributed by atoms with Gasteiger partial charge in [0.1, 0.15) is 23.3 Å². The van der Waals surface area contributed by atoms with Gasteiger partial charge in [-0.3, -0.25) is 9.78 Å². The number of aromatic hydroxyl groups is 1. The lowest BCUT2D eigenvalue weighted by Gasteiger charge is -2.36. The number of hydrogen-bond acceptors (Lipinski definition) is 10. The summed E-state index contributed by atoms with van der Waals surface area (Å²) in [7, 11) is 0. The quantitative estimate of drug-likeness (QED) is 0.378. The van der Waals surface area contributed by atoms with Crippen molar-refractivity contribution in [3.63, 3.8) is 0 Å². The first-order chi connectivity index (χ1) is 17.1. The Hall–Kier alpha value is -4.81. The van der Waals surface area contributed by atoms with Crippen molar-refractivity contribution in [1.82, 2.24) is 39.5 Å². The Kier molecular flexibility index (Phi) is 4.87. The van der Waals surface area contributed by atoms with Crippen LogP contribution in [0.3, 0.4) is 0 Å². The number of nitrogens with zero attached hydrogens (tertiary/aromatic N) is 10. The standard InChI is InChI=1S/C22H20N10O3/c33-15-3-1-14(2-4-15)29-7-9-30(10-8-29)22-25-20-19(24-13-31(20)12-18(34)35)21(26-22)32-17-11-23-6-5-16(17)27-28-32/h1-6,11,13,33H,7-10,12H2,(H,34,35). The summed E-state index contributed by atoms with van der Waals surface area (Å²) in [5.74, 6) is 0.0995. The molecule has 176 valence electrons. The second-order valence-electron chi connectivity index (χ2n) is 8.14. The van der Waals surface area contributed by atoms with E-state index in [4.69, 9.17) is 9.97 Å². The number of benzene rings is 1. The van der Waals surface area contributed by atoms with E-state index in [1.54, 1.807) is 35.3 Å². The van der Waals surface area contributed by atoms with E-state index < -0.39 is 5.97 Å². The minimum atomic E-state index is -0.996. The fourth-order valence-corrected chi connectivity index (χ4v) is 4.22. The number of hydrogen-bond donors (Lipinski definition) is 2. The zero-order chi connectivity index (χ0) is 23.9. The van der Waals surface area contributed by atoms with Crippen molar-refractivity contribution in [2.24, 2.45) is 0 Å². The predicted molar refractivity (Wildman–Crippen MR) is 126 cm³/mol. The molecule has 0 bridgehead atoms. The molecule has 1 fully saturated rings. The molecule has 0 saturated carbocycles. The van der Waals surface area contributed by atoms with E-state index in [2.05, 4.69) is 30.1 Å². The van der Waals surface area contributed by atoms with E-state index in [-0.39, 0.29) is 12.3 Å². The van der Waals surface area contributed by atoms with Crippen molar-refractivity contribution < 1.29 is 15.0 Å². The van der Waals surface area contributed by atoms with Crippen LogP contribution in [0.1, 0.15) is 0 Å². The Morgan fingerprint density at radius 1 is 1.00 bits per heavy atom. The second kappa shape index (κ2) is 8.20. The van der Waals surface area contributed by atoms with Crippen molar-refractivity contribution in [2.45, 2.75) is 6.54 Å². The van der Waals surface area contributed by atoms with Gasteiger partial charge in [0.25, 0.3) is 0 Å². The maximum Gasteiger partial charge on any atom is 0.323 e. The van der Waals surface area contributed by atoms with E-state index in [9.17, 15) is 15.0 Å². The molecule has 0 radical (unpaired) electrons. The lowest BCUT2D eigenvalue weighted by Crippen LogP contribution is -2.47. The van der Waals surface area contributed by atoms with Gasteiger partial charge in [-0.05, 0) is 30.3 Å². The molecular weight excluding hydrogens is 452 g/mol. The van der Waals surface area contributed by atoms with Gasteiger partial charge in [-0.25, -0.2) is 4.98 Å². The number of rotatable bonds is 5. The van der Waals surface area contributed by atoms with Crippen LogP contribution in [0.15, 0.2) is 49.1 Å². The number of anilines is 2.